The number of esters is 1. The molecule has 0 spiro atoms. The lowest BCUT2D eigenvalue weighted by Gasteiger charge is -2.26. The van der Waals surface area contributed by atoms with E-state index in [2.05, 4.69) is 5.32 Å². The number of nitrogens with zero attached hydrogens (tertiary/aromatic N) is 1. The van der Waals surface area contributed by atoms with E-state index < -0.39 is 17.2 Å². The van der Waals surface area contributed by atoms with E-state index in [9.17, 15) is 14.0 Å². The number of hydroxylamine groups is 2. The predicted octanol–water partition coefficient (Wildman–Crippen LogP) is 3.89. The Kier molecular flexibility index (Phi) is 15.5. The number of carbonyl (C=O) groups is 2. The number of carbonyl (C=O) groups excluding carboxylic acids is 2. The van der Waals surface area contributed by atoms with E-state index >= 15 is 0 Å². The first-order valence-electron chi connectivity index (χ1n) is 12.8. The summed E-state index contributed by atoms with van der Waals surface area (Å²) in [7, 11) is 0. The number of benzene rings is 1. The number of amides is 1. The van der Waals surface area contributed by atoms with Crippen LogP contribution in [-0.2, 0) is 35.1 Å². The van der Waals surface area contributed by atoms with Gasteiger partial charge in [-0.1, -0.05) is 0 Å². The highest BCUT2D eigenvalue weighted by Crippen LogP contribution is 2.15. The lowest BCUT2D eigenvalue weighted by Crippen LogP contribution is -2.34. The van der Waals surface area contributed by atoms with E-state index in [1.165, 1.54) is 23.3 Å². The standard InChI is InChI=1S/C27H45FN2O7/c1-26(2,3)36-25(32)22-9-10-24(28)23(19-22)20-29-11-7-13-33-15-17-35-18-16-34-14-8-12-30(21-31)37-27(4,5)6/h9-10,19,21,29H,7-8,11-18,20H2,1-6H3. The van der Waals surface area contributed by atoms with Crippen LogP contribution in [0.2, 0.25) is 0 Å². The van der Waals surface area contributed by atoms with E-state index in [-0.39, 0.29) is 5.82 Å². The predicted molar refractivity (Wildman–Crippen MR) is 139 cm³/mol. The molecule has 0 aliphatic rings. The van der Waals surface area contributed by atoms with Crippen molar-refractivity contribution in [2.24, 2.45) is 0 Å². The second-order valence-electron chi connectivity index (χ2n) is 10.5. The van der Waals surface area contributed by atoms with Crippen molar-refractivity contribution in [2.75, 3.05) is 52.7 Å². The third-order valence-corrected chi connectivity index (χ3v) is 4.56. The monoisotopic (exact) mass is 528 g/mol. The summed E-state index contributed by atoms with van der Waals surface area (Å²) in [5.74, 6) is -0.835. The fraction of sp³-hybridized carbons (Fsp3) is 0.704. The molecule has 0 atom stereocenters. The molecular formula is C27H45FN2O7. The van der Waals surface area contributed by atoms with Gasteiger partial charge in [0.15, 0.2) is 0 Å². The van der Waals surface area contributed by atoms with Crippen molar-refractivity contribution in [2.45, 2.75) is 72.1 Å². The number of nitrogens with one attached hydrogen (secondary N) is 1. The van der Waals surface area contributed by atoms with Crippen molar-refractivity contribution >= 4 is 12.4 Å². The topological polar surface area (TPSA) is 95.6 Å². The largest absolute Gasteiger partial charge is 0.456 e. The molecule has 0 aromatic heterocycles. The highest BCUT2D eigenvalue weighted by molar-refractivity contribution is 5.89. The molecule has 1 rings (SSSR count). The molecule has 0 heterocycles. The minimum absolute atomic E-state index is 0.308. The molecule has 212 valence electrons. The van der Waals surface area contributed by atoms with Crippen LogP contribution in [-0.4, -0.2) is 81.4 Å². The normalized spacial score (nSPS) is 12.0. The van der Waals surface area contributed by atoms with Gasteiger partial charge in [0, 0.05) is 25.3 Å². The quantitative estimate of drug-likeness (QED) is 0.125. The van der Waals surface area contributed by atoms with Crippen molar-refractivity contribution in [3.8, 4) is 0 Å². The maximum Gasteiger partial charge on any atom is 0.338 e. The first-order chi connectivity index (χ1) is 17.4. The Morgan fingerprint density at radius 3 is 2.08 bits per heavy atom. The van der Waals surface area contributed by atoms with Gasteiger partial charge < -0.3 is 24.3 Å². The lowest BCUT2D eigenvalue weighted by molar-refractivity contribution is -0.216. The Labute approximate surface area is 220 Å². The molecule has 9 nitrogen and oxygen atoms in total. The van der Waals surface area contributed by atoms with Gasteiger partial charge in [-0.3, -0.25) is 9.63 Å². The van der Waals surface area contributed by atoms with Gasteiger partial charge >= 0.3 is 5.97 Å². The van der Waals surface area contributed by atoms with Gasteiger partial charge in [-0.05, 0) is 79.1 Å². The molecule has 1 N–H and O–H groups in total. The fourth-order valence-corrected chi connectivity index (χ4v) is 3.03. The lowest BCUT2D eigenvalue weighted by atomic mass is 10.1. The van der Waals surface area contributed by atoms with E-state index in [0.29, 0.717) is 83.2 Å². The van der Waals surface area contributed by atoms with Gasteiger partial charge in [0.1, 0.15) is 11.4 Å². The second kappa shape index (κ2) is 17.4. The van der Waals surface area contributed by atoms with Crippen molar-refractivity contribution in [1.29, 1.82) is 0 Å². The minimum Gasteiger partial charge on any atom is -0.456 e. The molecule has 1 aromatic rings. The Balaban J connectivity index is 2.02. The molecule has 0 fully saturated rings. The number of rotatable bonds is 19. The zero-order chi connectivity index (χ0) is 27.7. The molecule has 1 aromatic carbocycles. The Hall–Kier alpha value is -2.11. The number of ether oxygens (including phenoxy) is 4. The van der Waals surface area contributed by atoms with Gasteiger partial charge in [0.2, 0.25) is 6.41 Å². The zero-order valence-electron chi connectivity index (χ0n) is 23.3. The van der Waals surface area contributed by atoms with Crippen LogP contribution in [0.15, 0.2) is 18.2 Å². The summed E-state index contributed by atoms with van der Waals surface area (Å²) in [6, 6.07) is 4.24. The molecule has 0 aliphatic carbocycles. The maximum absolute atomic E-state index is 14.1. The number of hydrogen-bond donors (Lipinski definition) is 1. The van der Waals surface area contributed by atoms with E-state index in [4.69, 9.17) is 23.8 Å². The number of halogens is 1. The molecule has 0 aliphatic heterocycles. The Bertz CT molecular complexity index is 794. The van der Waals surface area contributed by atoms with Gasteiger partial charge in [0.05, 0.1) is 44.1 Å². The van der Waals surface area contributed by atoms with Crippen LogP contribution in [0.5, 0.6) is 0 Å². The smallest absolute Gasteiger partial charge is 0.338 e. The van der Waals surface area contributed by atoms with Crippen molar-refractivity contribution in [1.82, 2.24) is 10.4 Å². The van der Waals surface area contributed by atoms with Crippen LogP contribution in [0.4, 0.5) is 4.39 Å². The second-order valence-corrected chi connectivity index (χ2v) is 10.5. The van der Waals surface area contributed by atoms with Crippen molar-refractivity contribution < 1.29 is 37.8 Å². The van der Waals surface area contributed by atoms with Gasteiger partial charge in [-0.15, -0.1) is 0 Å². The van der Waals surface area contributed by atoms with Gasteiger partial charge in [-0.25, -0.2) is 14.2 Å². The van der Waals surface area contributed by atoms with E-state index in [1.807, 2.05) is 20.8 Å². The molecule has 0 saturated carbocycles. The molecule has 0 unspecified atom stereocenters. The first-order valence-corrected chi connectivity index (χ1v) is 12.8. The molecule has 1 amide bonds. The summed E-state index contributed by atoms with van der Waals surface area (Å²) in [6.07, 6.45) is 2.11. The van der Waals surface area contributed by atoms with E-state index in [1.54, 1.807) is 20.8 Å². The van der Waals surface area contributed by atoms with Crippen LogP contribution < -0.4 is 5.32 Å². The third kappa shape index (κ3) is 17.1. The molecule has 0 saturated heterocycles. The maximum atomic E-state index is 14.1. The third-order valence-electron chi connectivity index (χ3n) is 4.56. The zero-order valence-corrected chi connectivity index (χ0v) is 23.3. The van der Waals surface area contributed by atoms with Crippen LogP contribution in [0, 0.1) is 5.82 Å². The molecule has 37 heavy (non-hydrogen) atoms. The first kappa shape index (κ1) is 32.9. The summed E-state index contributed by atoms with van der Waals surface area (Å²) in [6.45, 7) is 15.4. The van der Waals surface area contributed by atoms with Crippen LogP contribution >= 0.6 is 0 Å². The van der Waals surface area contributed by atoms with Gasteiger partial charge in [0.25, 0.3) is 0 Å². The Morgan fingerprint density at radius 2 is 1.51 bits per heavy atom. The van der Waals surface area contributed by atoms with Gasteiger partial charge in [-0.2, -0.15) is 0 Å². The van der Waals surface area contributed by atoms with Crippen molar-refractivity contribution in [3.05, 3.63) is 35.1 Å². The molecule has 10 heteroatoms. The Morgan fingerprint density at radius 1 is 0.919 bits per heavy atom. The number of hydrogen-bond acceptors (Lipinski definition) is 8. The summed E-state index contributed by atoms with van der Waals surface area (Å²) in [5, 5.41) is 4.45. The highest BCUT2D eigenvalue weighted by atomic mass is 19.1. The van der Waals surface area contributed by atoms with Crippen LogP contribution in [0.3, 0.4) is 0 Å². The van der Waals surface area contributed by atoms with Crippen LogP contribution in [0.25, 0.3) is 0 Å². The van der Waals surface area contributed by atoms with E-state index in [0.717, 1.165) is 6.42 Å². The summed E-state index contributed by atoms with van der Waals surface area (Å²) in [4.78, 5) is 28.7. The molecule has 0 bridgehead atoms. The average molecular weight is 529 g/mol. The highest BCUT2D eigenvalue weighted by Gasteiger charge is 2.19. The summed E-state index contributed by atoms with van der Waals surface area (Å²) < 4.78 is 35.9. The molecular weight excluding hydrogens is 483 g/mol. The average Bonchev–Trinajstić information content (AvgIpc) is 2.79. The molecule has 0 radical (unpaired) electrons. The summed E-state index contributed by atoms with van der Waals surface area (Å²) in [5.41, 5.74) is -0.271. The SMILES string of the molecule is CC(C)(C)OC(=O)c1ccc(F)c(CNCCCOCCOCCOCCCN(C=O)OC(C)(C)C)c1. The summed E-state index contributed by atoms with van der Waals surface area (Å²) >= 11 is 0. The minimum atomic E-state index is -0.605. The fourth-order valence-electron chi connectivity index (χ4n) is 3.03. The van der Waals surface area contributed by atoms with Crippen molar-refractivity contribution in [3.63, 3.8) is 0 Å². The van der Waals surface area contributed by atoms with Crippen LogP contribution in [0.1, 0.15) is 70.3 Å².